The van der Waals surface area contributed by atoms with Gasteiger partial charge in [-0.2, -0.15) is 13.2 Å². The Morgan fingerprint density at radius 3 is 2.41 bits per heavy atom. The lowest BCUT2D eigenvalue weighted by Crippen LogP contribution is -2.49. The van der Waals surface area contributed by atoms with Crippen LogP contribution >= 0.6 is 0 Å². The Kier molecular flexibility index (Phi) is 5.69. The summed E-state index contributed by atoms with van der Waals surface area (Å²) in [7, 11) is 0. The van der Waals surface area contributed by atoms with Gasteiger partial charge in [-0.15, -0.1) is 0 Å². The lowest BCUT2D eigenvalue weighted by Gasteiger charge is -2.39. The minimum absolute atomic E-state index is 0.0701. The first-order chi connectivity index (χ1) is 7.98. The van der Waals surface area contributed by atoms with Crippen LogP contribution in [0.3, 0.4) is 0 Å². The van der Waals surface area contributed by atoms with E-state index in [0.717, 1.165) is 25.7 Å². The van der Waals surface area contributed by atoms with Crippen LogP contribution in [-0.2, 0) is 0 Å². The monoisotopic (exact) mass is 254 g/mol. The summed E-state index contributed by atoms with van der Waals surface area (Å²) in [5.41, 5.74) is 5.62. The molecule has 1 fully saturated rings. The topological polar surface area (TPSA) is 49.5 Å². The zero-order chi connectivity index (χ0) is 12.9. The molecule has 0 aromatic rings. The molecule has 0 heterocycles. The molecule has 0 bridgehead atoms. The van der Waals surface area contributed by atoms with Crippen molar-refractivity contribution in [2.45, 2.75) is 37.9 Å². The Morgan fingerprint density at radius 1 is 1.24 bits per heavy atom. The number of aliphatic hydroxyl groups excluding tert-OH is 1. The Balaban J connectivity index is 2.66. The van der Waals surface area contributed by atoms with E-state index in [1.807, 2.05) is 0 Å². The molecule has 3 N–H and O–H groups in total. The third-order valence-electron chi connectivity index (χ3n) is 3.41. The van der Waals surface area contributed by atoms with Crippen molar-refractivity contribution in [1.29, 1.82) is 0 Å². The van der Waals surface area contributed by atoms with Crippen LogP contribution < -0.4 is 5.73 Å². The van der Waals surface area contributed by atoms with Crippen LogP contribution in [-0.4, -0.2) is 48.5 Å². The van der Waals surface area contributed by atoms with E-state index in [0.29, 0.717) is 6.54 Å². The molecule has 1 aliphatic rings. The van der Waals surface area contributed by atoms with Gasteiger partial charge >= 0.3 is 6.18 Å². The maximum atomic E-state index is 12.5. The summed E-state index contributed by atoms with van der Waals surface area (Å²) in [5.74, 6) is 0.123. The smallest absolute Gasteiger partial charge is 0.395 e. The van der Waals surface area contributed by atoms with E-state index < -0.39 is 12.7 Å². The quantitative estimate of drug-likeness (QED) is 0.779. The van der Waals surface area contributed by atoms with Gasteiger partial charge in [-0.3, -0.25) is 4.90 Å². The number of halogens is 3. The van der Waals surface area contributed by atoms with E-state index in [-0.39, 0.29) is 25.1 Å². The molecule has 6 heteroatoms. The molecule has 102 valence electrons. The Labute approximate surface area is 99.8 Å². The van der Waals surface area contributed by atoms with Crippen LogP contribution in [0.1, 0.15) is 25.7 Å². The van der Waals surface area contributed by atoms with Gasteiger partial charge in [0.05, 0.1) is 13.2 Å². The lowest BCUT2D eigenvalue weighted by molar-refractivity contribution is -0.155. The molecule has 17 heavy (non-hydrogen) atoms. The molecule has 0 saturated heterocycles. The van der Waals surface area contributed by atoms with Gasteiger partial charge < -0.3 is 10.8 Å². The fourth-order valence-electron chi connectivity index (χ4n) is 2.66. The maximum absolute atomic E-state index is 12.5. The summed E-state index contributed by atoms with van der Waals surface area (Å²) in [4.78, 5) is 1.34. The zero-order valence-corrected chi connectivity index (χ0v) is 9.92. The highest BCUT2D eigenvalue weighted by Gasteiger charge is 2.36. The van der Waals surface area contributed by atoms with Crippen molar-refractivity contribution >= 4 is 0 Å². The van der Waals surface area contributed by atoms with Crippen LogP contribution in [0.4, 0.5) is 13.2 Å². The molecule has 3 nitrogen and oxygen atoms in total. The van der Waals surface area contributed by atoms with Gasteiger partial charge in [-0.05, 0) is 25.3 Å². The van der Waals surface area contributed by atoms with E-state index in [1.54, 1.807) is 0 Å². The zero-order valence-electron chi connectivity index (χ0n) is 9.92. The Hall–Kier alpha value is -0.330. The molecule has 0 spiro atoms. The van der Waals surface area contributed by atoms with Crippen LogP contribution in [0.5, 0.6) is 0 Å². The summed E-state index contributed by atoms with van der Waals surface area (Å²) in [6.45, 7) is -0.705. The normalized spacial score (nSPS) is 26.5. The number of alkyl halides is 3. The van der Waals surface area contributed by atoms with E-state index in [2.05, 4.69) is 0 Å². The minimum atomic E-state index is -4.22. The summed E-state index contributed by atoms with van der Waals surface area (Å²) < 4.78 is 37.4. The fraction of sp³-hybridized carbons (Fsp3) is 1.00. The SMILES string of the molecule is NCC1CCCCC1N(CCO)CC(F)(F)F. The summed E-state index contributed by atoms with van der Waals surface area (Å²) >= 11 is 0. The summed E-state index contributed by atoms with van der Waals surface area (Å²) in [6.07, 6.45) is -0.594. The third-order valence-corrected chi connectivity index (χ3v) is 3.41. The molecule has 2 atom stereocenters. The van der Waals surface area contributed by atoms with Crippen LogP contribution in [0.2, 0.25) is 0 Å². The number of aliphatic hydroxyl groups is 1. The van der Waals surface area contributed by atoms with E-state index in [9.17, 15) is 13.2 Å². The van der Waals surface area contributed by atoms with Crippen molar-refractivity contribution in [3.63, 3.8) is 0 Å². The number of nitrogens with zero attached hydrogens (tertiary/aromatic N) is 1. The summed E-state index contributed by atoms with van der Waals surface area (Å²) in [5, 5.41) is 8.88. The minimum Gasteiger partial charge on any atom is -0.395 e. The first-order valence-electron chi connectivity index (χ1n) is 6.09. The fourth-order valence-corrected chi connectivity index (χ4v) is 2.66. The van der Waals surface area contributed by atoms with Crippen LogP contribution in [0.25, 0.3) is 0 Å². The van der Waals surface area contributed by atoms with Gasteiger partial charge in [-0.25, -0.2) is 0 Å². The number of hydrogen-bond acceptors (Lipinski definition) is 3. The highest BCUT2D eigenvalue weighted by atomic mass is 19.4. The van der Waals surface area contributed by atoms with Crippen molar-refractivity contribution in [3.8, 4) is 0 Å². The standard InChI is InChI=1S/C11H21F3N2O/c12-11(13,14)8-16(5-6-17)10-4-2-1-3-9(10)7-15/h9-10,17H,1-8,15H2. The molecule has 2 unspecified atom stereocenters. The van der Waals surface area contributed by atoms with Crippen molar-refractivity contribution < 1.29 is 18.3 Å². The van der Waals surface area contributed by atoms with Gasteiger partial charge in [0.2, 0.25) is 0 Å². The van der Waals surface area contributed by atoms with Gasteiger partial charge in [0.15, 0.2) is 0 Å². The molecule has 1 aliphatic carbocycles. The van der Waals surface area contributed by atoms with Crippen molar-refractivity contribution in [2.24, 2.45) is 11.7 Å². The van der Waals surface area contributed by atoms with Crippen LogP contribution in [0.15, 0.2) is 0 Å². The molecular weight excluding hydrogens is 233 g/mol. The first-order valence-corrected chi connectivity index (χ1v) is 6.09. The number of nitrogens with two attached hydrogens (primary N) is 1. The van der Waals surface area contributed by atoms with Gasteiger partial charge in [0.25, 0.3) is 0 Å². The number of rotatable bonds is 5. The van der Waals surface area contributed by atoms with Gasteiger partial charge in [-0.1, -0.05) is 12.8 Å². The predicted octanol–water partition coefficient (Wildman–Crippen LogP) is 1.36. The van der Waals surface area contributed by atoms with E-state index in [1.165, 1.54) is 4.90 Å². The molecule has 0 aromatic carbocycles. The highest BCUT2D eigenvalue weighted by Crippen LogP contribution is 2.29. The van der Waals surface area contributed by atoms with Gasteiger partial charge in [0, 0.05) is 12.6 Å². The molecule has 0 aromatic heterocycles. The average Bonchev–Trinajstić information content (AvgIpc) is 2.27. The van der Waals surface area contributed by atoms with Crippen molar-refractivity contribution in [3.05, 3.63) is 0 Å². The van der Waals surface area contributed by atoms with E-state index in [4.69, 9.17) is 10.8 Å². The Bertz CT molecular complexity index is 223. The molecule has 1 saturated carbocycles. The molecule has 1 rings (SSSR count). The molecule has 0 aliphatic heterocycles. The number of hydrogen-bond donors (Lipinski definition) is 2. The highest BCUT2D eigenvalue weighted by molar-refractivity contribution is 4.85. The largest absolute Gasteiger partial charge is 0.401 e. The average molecular weight is 254 g/mol. The molecule has 0 radical (unpaired) electrons. The van der Waals surface area contributed by atoms with Crippen molar-refractivity contribution in [2.75, 3.05) is 26.2 Å². The molecular formula is C11H21F3N2O. The van der Waals surface area contributed by atoms with Gasteiger partial charge in [0.1, 0.15) is 0 Å². The Morgan fingerprint density at radius 2 is 1.88 bits per heavy atom. The summed E-state index contributed by atoms with van der Waals surface area (Å²) in [6, 6.07) is -0.137. The predicted molar refractivity (Wildman–Crippen MR) is 59.5 cm³/mol. The second kappa shape index (κ2) is 6.56. The van der Waals surface area contributed by atoms with Crippen LogP contribution in [0, 0.1) is 5.92 Å². The third kappa shape index (κ3) is 4.81. The molecule has 0 amide bonds. The lowest BCUT2D eigenvalue weighted by atomic mass is 9.83. The maximum Gasteiger partial charge on any atom is 0.401 e. The first kappa shape index (κ1) is 14.7. The second-order valence-corrected chi connectivity index (χ2v) is 4.66. The van der Waals surface area contributed by atoms with Crippen molar-refractivity contribution in [1.82, 2.24) is 4.90 Å². The van der Waals surface area contributed by atoms with E-state index >= 15 is 0 Å². The second-order valence-electron chi connectivity index (χ2n) is 4.66.